The van der Waals surface area contributed by atoms with Crippen LogP contribution in [0, 0.1) is 5.92 Å². The van der Waals surface area contributed by atoms with Gasteiger partial charge >= 0.3 is 0 Å². The first-order valence-electron chi connectivity index (χ1n) is 11.1. The maximum absolute atomic E-state index is 12.4. The van der Waals surface area contributed by atoms with Gasteiger partial charge in [-0.05, 0) is 44.9 Å². The van der Waals surface area contributed by atoms with E-state index in [1.807, 2.05) is 68.7 Å². The first kappa shape index (κ1) is 27.2. The molecule has 8 heteroatoms. The Morgan fingerprint density at radius 2 is 1.81 bits per heavy atom. The third-order valence-corrected chi connectivity index (χ3v) is 5.35. The molecule has 1 fully saturated rings. The van der Waals surface area contributed by atoms with Gasteiger partial charge in [0.15, 0.2) is 5.96 Å². The number of nitrogens with one attached hydrogen (secondary N) is 2. The highest BCUT2D eigenvalue weighted by molar-refractivity contribution is 14.0. The number of nitrogens with zero attached hydrogens (tertiary/aromatic N) is 3. The molecule has 2 amide bonds. The lowest BCUT2D eigenvalue weighted by Crippen LogP contribution is -2.45. The lowest BCUT2D eigenvalue weighted by atomic mass is 10.1. The van der Waals surface area contributed by atoms with Gasteiger partial charge in [-0.1, -0.05) is 26.0 Å². The van der Waals surface area contributed by atoms with Gasteiger partial charge in [0.2, 0.25) is 5.91 Å². The second kappa shape index (κ2) is 13.5. The Kier molecular flexibility index (Phi) is 11.9. The number of aliphatic imine (C=N–C) groups is 1. The van der Waals surface area contributed by atoms with Crippen LogP contribution >= 0.6 is 24.0 Å². The van der Waals surface area contributed by atoms with E-state index < -0.39 is 0 Å². The summed E-state index contributed by atoms with van der Waals surface area (Å²) in [7, 11) is 0. The van der Waals surface area contributed by atoms with Crippen molar-refractivity contribution in [2.24, 2.45) is 10.9 Å². The molecule has 174 valence electrons. The molecule has 1 aromatic rings. The summed E-state index contributed by atoms with van der Waals surface area (Å²) >= 11 is 0. The van der Waals surface area contributed by atoms with Gasteiger partial charge in [0.1, 0.15) is 0 Å². The van der Waals surface area contributed by atoms with E-state index in [4.69, 9.17) is 0 Å². The summed E-state index contributed by atoms with van der Waals surface area (Å²) in [5.74, 6) is 1.05. The number of carbonyl (C=O) groups excluding carboxylic acids is 2. The third kappa shape index (κ3) is 7.97. The van der Waals surface area contributed by atoms with Gasteiger partial charge in [-0.2, -0.15) is 0 Å². The molecule has 7 nitrogen and oxygen atoms in total. The van der Waals surface area contributed by atoms with Crippen molar-refractivity contribution in [1.29, 1.82) is 0 Å². The summed E-state index contributed by atoms with van der Waals surface area (Å²) in [6.07, 6.45) is 0.922. The fraction of sp³-hybridized carbons (Fsp3) is 0.609. The van der Waals surface area contributed by atoms with Crippen LogP contribution in [0.2, 0.25) is 0 Å². The van der Waals surface area contributed by atoms with Gasteiger partial charge < -0.3 is 20.4 Å². The number of rotatable bonds is 8. The topological polar surface area (TPSA) is 77.0 Å². The highest BCUT2D eigenvalue weighted by atomic mass is 127. The number of hydrogen-bond donors (Lipinski definition) is 2. The molecule has 2 N–H and O–H groups in total. The predicted molar refractivity (Wildman–Crippen MR) is 137 cm³/mol. The van der Waals surface area contributed by atoms with Gasteiger partial charge in [0.25, 0.3) is 5.91 Å². The van der Waals surface area contributed by atoms with Crippen LogP contribution in [-0.2, 0) is 11.3 Å². The second-order valence-electron chi connectivity index (χ2n) is 7.94. The van der Waals surface area contributed by atoms with Crippen molar-refractivity contribution < 1.29 is 9.59 Å². The lowest BCUT2D eigenvalue weighted by molar-refractivity contribution is -0.133. The van der Waals surface area contributed by atoms with E-state index in [0.717, 1.165) is 31.0 Å². The van der Waals surface area contributed by atoms with E-state index in [9.17, 15) is 9.59 Å². The minimum absolute atomic E-state index is 0. The molecule has 2 rings (SSSR count). The summed E-state index contributed by atoms with van der Waals surface area (Å²) in [6.45, 7) is 14.1. The summed E-state index contributed by atoms with van der Waals surface area (Å²) in [6, 6.07) is 7.88. The summed E-state index contributed by atoms with van der Waals surface area (Å²) in [5, 5.41) is 6.74. The minimum Gasteiger partial charge on any atom is -0.357 e. The largest absolute Gasteiger partial charge is 0.357 e. The number of amides is 2. The fourth-order valence-electron chi connectivity index (χ4n) is 3.57. The third-order valence-electron chi connectivity index (χ3n) is 5.35. The summed E-state index contributed by atoms with van der Waals surface area (Å²) < 4.78 is 0. The molecule has 0 aromatic heterocycles. The molecule has 1 aliphatic rings. The van der Waals surface area contributed by atoms with Crippen LogP contribution in [0.5, 0.6) is 0 Å². The van der Waals surface area contributed by atoms with E-state index in [1.165, 1.54) is 0 Å². The number of likely N-dealkylation sites (tertiary alicyclic amines) is 1. The number of benzene rings is 1. The standard InChI is InChI=1S/C23H37N5O2.HI/c1-6-24-23(26-20-13-14-28(16-20)21(29)17(4)5)25-15-18-9-11-19(12-10-18)22(30)27(7-2)8-3;/h9-12,17,20H,6-8,13-16H2,1-5H3,(H2,24,25,26);1H. The second-order valence-corrected chi connectivity index (χ2v) is 7.94. The lowest BCUT2D eigenvalue weighted by Gasteiger charge is -2.20. The van der Waals surface area contributed by atoms with Crippen LogP contribution in [0.1, 0.15) is 57.0 Å². The quantitative estimate of drug-likeness (QED) is 0.300. The summed E-state index contributed by atoms with van der Waals surface area (Å²) in [4.78, 5) is 33.1. The molecule has 1 unspecified atom stereocenters. The molecule has 31 heavy (non-hydrogen) atoms. The Morgan fingerprint density at radius 1 is 1.16 bits per heavy atom. The van der Waals surface area contributed by atoms with Crippen LogP contribution in [-0.4, -0.2) is 66.3 Å². The average Bonchev–Trinajstić information content (AvgIpc) is 3.21. The highest BCUT2D eigenvalue weighted by Crippen LogP contribution is 2.13. The maximum Gasteiger partial charge on any atom is 0.253 e. The van der Waals surface area contributed by atoms with Crippen LogP contribution in [0.25, 0.3) is 0 Å². The van der Waals surface area contributed by atoms with E-state index in [1.54, 1.807) is 0 Å². The average molecular weight is 543 g/mol. The minimum atomic E-state index is 0. The molecular weight excluding hydrogens is 505 g/mol. The molecule has 0 aliphatic carbocycles. The Bertz CT molecular complexity index is 732. The Labute approximate surface area is 204 Å². The number of carbonyl (C=O) groups is 2. The number of guanidine groups is 1. The van der Waals surface area contributed by atoms with Crippen LogP contribution in [0.15, 0.2) is 29.3 Å². The normalized spacial score (nSPS) is 16.1. The van der Waals surface area contributed by atoms with Crippen LogP contribution in [0.4, 0.5) is 0 Å². The molecule has 0 saturated carbocycles. The van der Waals surface area contributed by atoms with Crippen molar-refractivity contribution in [2.75, 3.05) is 32.7 Å². The molecule has 1 heterocycles. The molecule has 1 atom stereocenters. The monoisotopic (exact) mass is 543 g/mol. The number of hydrogen-bond acceptors (Lipinski definition) is 3. The molecule has 1 saturated heterocycles. The van der Waals surface area contributed by atoms with Gasteiger partial charge in [-0.15, -0.1) is 24.0 Å². The van der Waals surface area contributed by atoms with Gasteiger partial charge in [-0.3, -0.25) is 9.59 Å². The molecular formula is C23H38IN5O2. The summed E-state index contributed by atoms with van der Waals surface area (Å²) in [5.41, 5.74) is 1.75. The molecule has 0 bridgehead atoms. The van der Waals surface area contributed by atoms with Crippen molar-refractivity contribution in [3.63, 3.8) is 0 Å². The van der Waals surface area contributed by atoms with Crippen molar-refractivity contribution in [1.82, 2.24) is 20.4 Å². The zero-order valence-electron chi connectivity index (χ0n) is 19.5. The van der Waals surface area contributed by atoms with E-state index in [-0.39, 0.29) is 47.8 Å². The smallest absolute Gasteiger partial charge is 0.253 e. The van der Waals surface area contributed by atoms with Gasteiger partial charge in [-0.25, -0.2) is 4.99 Å². The van der Waals surface area contributed by atoms with E-state index >= 15 is 0 Å². The Balaban J connectivity index is 0.00000480. The van der Waals surface area contributed by atoms with E-state index in [0.29, 0.717) is 31.7 Å². The zero-order valence-corrected chi connectivity index (χ0v) is 21.8. The van der Waals surface area contributed by atoms with Crippen molar-refractivity contribution in [2.45, 2.75) is 53.6 Å². The molecule has 0 radical (unpaired) electrons. The SMILES string of the molecule is CCNC(=NCc1ccc(C(=O)N(CC)CC)cc1)NC1CCN(C(=O)C(C)C)C1.I. The molecule has 1 aromatic carbocycles. The van der Waals surface area contributed by atoms with Crippen LogP contribution in [0.3, 0.4) is 0 Å². The van der Waals surface area contributed by atoms with Gasteiger partial charge in [0.05, 0.1) is 6.54 Å². The van der Waals surface area contributed by atoms with Crippen LogP contribution < -0.4 is 10.6 Å². The first-order chi connectivity index (χ1) is 14.4. The molecule has 0 spiro atoms. The fourth-order valence-corrected chi connectivity index (χ4v) is 3.57. The maximum atomic E-state index is 12.4. The number of halogens is 1. The Hall–Kier alpha value is -1.84. The highest BCUT2D eigenvalue weighted by Gasteiger charge is 2.27. The van der Waals surface area contributed by atoms with Gasteiger partial charge in [0, 0.05) is 50.2 Å². The van der Waals surface area contributed by atoms with Crippen molar-refractivity contribution in [3.8, 4) is 0 Å². The predicted octanol–water partition coefficient (Wildman–Crippen LogP) is 3.10. The van der Waals surface area contributed by atoms with Crippen molar-refractivity contribution >= 4 is 41.8 Å². The van der Waals surface area contributed by atoms with Crippen molar-refractivity contribution in [3.05, 3.63) is 35.4 Å². The Morgan fingerprint density at radius 3 is 2.35 bits per heavy atom. The first-order valence-corrected chi connectivity index (χ1v) is 11.1. The molecule has 1 aliphatic heterocycles. The zero-order chi connectivity index (χ0) is 22.1. The van der Waals surface area contributed by atoms with E-state index in [2.05, 4.69) is 15.6 Å².